The third kappa shape index (κ3) is 3.46. The minimum Gasteiger partial charge on any atom is -0.481 e. The lowest BCUT2D eigenvalue weighted by Gasteiger charge is -2.39. The van der Waals surface area contributed by atoms with E-state index in [1.54, 1.807) is 0 Å². The number of hydrogen-bond donors (Lipinski definition) is 1. The van der Waals surface area contributed by atoms with Crippen molar-refractivity contribution in [3.05, 3.63) is 0 Å². The first kappa shape index (κ1) is 14.0. The van der Waals surface area contributed by atoms with Gasteiger partial charge in [-0.3, -0.25) is 19.3 Å². The summed E-state index contributed by atoms with van der Waals surface area (Å²) in [6, 6.07) is -0.583. The zero-order valence-electron chi connectivity index (χ0n) is 10.2. The van der Waals surface area contributed by atoms with Crippen LogP contribution in [0.2, 0.25) is 0 Å². The molecule has 1 N–H and O–H groups in total. The predicted molar refractivity (Wildman–Crippen MR) is 64.7 cm³/mol. The van der Waals surface area contributed by atoms with Crippen LogP contribution in [0.5, 0.6) is 0 Å². The largest absolute Gasteiger partial charge is 0.481 e. The number of nitrogens with zero attached hydrogens (tertiary/aromatic N) is 1. The van der Waals surface area contributed by atoms with Gasteiger partial charge in [-0.1, -0.05) is 20.8 Å². The number of imide groups is 1. The second-order valence-electron chi connectivity index (χ2n) is 5.13. The summed E-state index contributed by atoms with van der Waals surface area (Å²) < 4.78 is 0. The first-order chi connectivity index (χ1) is 7.73. The quantitative estimate of drug-likeness (QED) is 0.765. The van der Waals surface area contributed by atoms with E-state index in [0.29, 0.717) is 0 Å². The van der Waals surface area contributed by atoms with Crippen molar-refractivity contribution < 1.29 is 19.5 Å². The highest BCUT2D eigenvalue weighted by Crippen LogP contribution is 2.30. The first-order valence-corrected chi connectivity index (χ1v) is 6.53. The van der Waals surface area contributed by atoms with Gasteiger partial charge in [0.15, 0.2) is 0 Å². The second-order valence-corrected chi connectivity index (χ2v) is 6.12. The fraction of sp³-hybridized carbons (Fsp3) is 0.727. The van der Waals surface area contributed by atoms with Gasteiger partial charge in [0.05, 0.1) is 24.0 Å². The van der Waals surface area contributed by atoms with Crippen LogP contribution in [0.1, 0.15) is 27.2 Å². The SMILES string of the molecule is CC(C)(C)C(CC(=O)O)N1C(=O)CSCC1=O. The Hall–Kier alpha value is -1.04. The molecule has 17 heavy (non-hydrogen) atoms. The number of thioether (sulfide) groups is 1. The van der Waals surface area contributed by atoms with Crippen LogP contribution in [0.15, 0.2) is 0 Å². The van der Waals surface area contributed by atoms with Gasteiger partial charge in [0.2, 0.25) is 11.8 Å². The molecular formula is C11H17NO4S. The number of carboxylic acid groups (broad SMARTS) is 1. The second kappa shape index (κ2) is 5.08. The van der Waals surface area contributed by atoms with Crippen molar-refractivity contribution in [3.8, 4) is 0 Å². The fourth-order valence-electron chi connectivity index (χ4n) is 1.80. The van der Waals surface area contributed by atoms with Crippen LogP contribution in [0.4, 0.5) is 0 Å². The summed E-state index contributed by atoms with van der Waals surface area (Å²) in [4.78, 5) is 35.5. The zero-order chi connectivity index (χ0) is 13.2. The van der Waals surface area contributed by atoms with Crippen molar-refractivity contribution in [1.29, 1.82) is 0 Å². The fourth-order valence-corrected chi connectivity index (χ4v) is 2.53. The molecule has 0 aromatic heterocycles. The Kier molecular flexibility index (Phi) is 4.19. The molecule has 0 spiro atoms. The van der Waals surface area contributed by atoms with Crippen molar-refractivity contribution in [2.75, 3.05) is 11.5 Å². The lowest BCUT2D eigenvalue weighted by Crippen LogP contribution is -2.54. The average molecular weight is 259 g/mol. The van der Waals surface area contributed by atoms with Gasteiger partial charge in [0, 0.05) is 0 Å². The maximum atomic E-state index is 11.8. The van der Waals surface area contributed by atoms with E-state index in [4.69, 9.17) is 5.11 Å². The van der Waals surface area contributed by atoms with E-state index >= 15 is 0 Å². The molecule has 1 fully saturated rings. The van der Waals surface area contributed by atoms with Gasteiger partial charge in [-0.2, -0.15) is 0 Å². The Balaban J connectivity index is 2.99. The van der Waals surface area contributed by atoms with E-state index in [0.717, 1.165) is 4.90 Å². The van der Waals surface area contributed by atoms with Crippen LogP contribution in [0.25, 0.3) is 0 Å². The molecule has 1 rings (SSSR count). The molecule has 1 aliphatic heterocycles. The molecule has 1 heterocycles. The molecule has 0 aromatic rings. The highest BCUT2D eigenvalue weighted by Gasteiger charge is 2.40. The van der Waals surface area contributed by atoms with Gasteiger partial charge < -0.3 is 5.11 Å². The summed E-state index contributed by atoms with van der Waals surface area (Å²) in [7, 11) is 0. The van der Waals surface area contributed by atoms with E-state index in [9.17, 15) is 14.4 Å². The summed E-state index contributed by atoms with van der Waals surface area (Å²) in [5, 5.41) is 8.90. The molecule has 0 radical (unpaired) electrons. The van der Waals surface area contributed by atoms with Crippen LogP contribution in [0.3, 0.4) is 0 Å². The van der Waals surface area contributed by atoms with Crippen molar-refractivity contribution in [2.45, 2.75) is 33.2 Å². The highest BCUT2D eigenvalue weighted by molar-refractivity contribution is 8.00. The topological polar surface area (TPSA) is 74.7 Å². The number of aliphatic carboxylic acids is 1. The van der Waals surface area contributed by atoms with E-state index in [1.807, 2.05) is 20.8 Å². The number of amides is 2. The maximum absolute atomic E-state index is 11.8. The van der Waals surface area contributed by atoms with Crippen LogP contribution in [0, 0.1) is 5.41 Å². The monoisotopic (exact) mass is 259 g/mol. The van der Waals surface area contributed by atoms with Crippen LogP contribution in [-0.4, -0.2) is 45.3 Å². The summed E-state index contributed by atoms with van der Waals surface area (Å²) in [5.41, 5.74) is -0.439. The number of carbonyl (C=O) groups excluding carboxylic acids is 2. The molecular weight excluding hydrogens is 242 g/mol. The third-order valence-corrected chi connectivity index (χ3v) is 3.57. The Morgan fingerprint density at radius 3 is 2.18 bits per heavy atom. The normalized spacial score (nSPS) is 19.4. The molecule has 0 aliphatic carbocycles. The van der Waals surface area contributed by atoms with Gasteiger partial charge in [-0.15, -0.1) is 11.8 Å². The molecule has 0 aromatic carbocycles. The van der Waals surface area contributed by atoms with E-state index in [2.05, 4.69) is 0 Å². The minimum atomic E-state index is -0.997. The van der Waals surface area contributed by atoms with Crippen molar-refractivity contribution >= 4 is 29.5 Å². The smallest absolute Gasteiger partial charge is 0.305 e. The van der Waals surface area contributed by atoms with Gasteiger partial charge >= 0.3 is 5.97 Å². The first-order valence-electron chi connectivity index (χ1n) is 5.38. The summed E-state index contributed by atoms with van der Waals surface area (Å²) in [5.74, 6) is -1.07. The van der Waals surface area contributed by atoms with Crippen molar-refractivity contribution in [2.24, 2.45) is 5.41 Å². The summed E-state index contributed by atoms with van der Waals surface area (Å²) in [6.45, 7) is 5.51. The van der Waals surface area contributed by atoms with Gasteiger partial charge in [-0.25, -0.2) is 0 Å². The molecule has 2 amide bonds. The standard InChI is InChI=1S/C11H17NO4S/c1-11(2,3)7(4-10(15)16)12-8(13)5-17-6-9(12)14/h7H,4-6H2,1-3H3,(H,15,16). The lowest BCUT2D eigenvalue weighted by atomic mass is 9.83. The Bertz CT molecular complexity index is 332. The number of rotatable bonds is 3. The molecule has 5 nitrogen and oxygen atoms in total. The molecule has 1 unspecified atom stereocenters. The Morgan fingerprint density at radius 2 is 1.82 bits per heavy atom. The van der Waals surface area contributed by atoms with Crippen molar-refractivity contribution in [1.82, 2.24) is 4.90 Å². The molecule has 1 atom stereocenters. The molecule has 0 saturated carbocycles. The zero-order valence-corrected chi connectivity index (χ0v) is 11.0. The lowest BCUT2D eigenvalue weighted by molar-refractivity contribution is -0.150. The van der Waals surface area contributed by atoms with E-state index in [1.165, 1.54) is 11.8 Å². The molecule has 1 aliphatic rings. The van der Waals surface area contributed by atoms with Gasteiger partial charge in [0.1, 0.15) is 0 Å². The molecule has 6 heteroatoms. The predicted octanol–water partition coefficient (Wildman–Crippen LogP) is 0.978. The van der Waals surface area contributed by atoms with E-state index in [-0.39, 0.29) is 29.7 Å². The average Bonchev–Trinajstić information content (AvgIpc) is 2.13. The molecule has 0 bridgehead atoms. The summed E-state index contributed by atoms with van der Waals surface area (Å²) >= 11 is 1.27. The minimum absolute atomic E-state index is 0.203. The Labute approximate surface area is 105 Å². The third-order valence-electron chi connectivity index (χ3n) is 2.67. The van der Waals surface area contributed by atoms with Gasteiger partial charge in [-0.05, 0) is 5.41 Å². The maximum Gasteiger partial charge on any atom is 0.305 e. The highest BCUT2D eigenvalue weighted by atomic mass is 32.2. The van der Waals surface area contributed by atoms with Crippen molar-refractivity contribution in [3.63, 3.8) is 0 Å². The number of carbonyl (C=O) groups is 3. The molecule has 96 valence electrons. The Morgan fingerprint density at radius 1 is 1.35 bits per heavy atom. The molecule has 1 saturated heterocycles. The van der Waals surface area contributed by atoms with Crippen LogP contribution < -0.4 is 0 Å². The van der Waals surface area contributed by atoms with E-state index < -0.39 is 17.4 Å². The summed E-state index contributed by atoms with van der Waals surface area (Å²) in [6.07, 6.45) is -0.203. The van der Waals surface area contributed by atoms with Crippen LogP contribution in [-0.2, 0) is 14.4 Å². The number of hydrogen-bond acceptors (Lipinski definition) is 4. The van der Waals surface area contributed by atoms with Gasteiger partial charge in [0.25, 0.3) is 0 Å². The van der Waals surface area contributed by atoms with Crippen LogP contribution >= 0.6 is 11.8 Å². The number of carboxylic acids is 1.